The van der Waals surface area contributed by atoms with Gasteiger partial charge in [-0.05, 0) is 54.2 Å². The Bertz CT molecular complexity index is 908. The number of ketones is 1. The maximum Gasteiger partial charge on any atom is 0.163 e. The van der Waals surface area contributed by atoms with E-state index in [-0.39, 0.29) is 5.78 Å². The Morgan fingerprint density at radius 2 is 2.05 bits per heavy atom. The third-order valence-electron chi connectivity index (χ3n) is 4.64. The molecule has 2 aromatic carbocycles. The van der Waals surface area contributed by atoms with Crippen molar-refractivity contribution >= 4 is 16.8 Å². The van der Waals surface area contributed by atoms with Crippen LogP contribution in [0.2, 0.25) is 0 Å². The molecule has 0 amide bonds. The second-order valence-corrected chi connectivity index (χ2v) is 6.02. The highest BCUT2D eigenvalue weighted by atomic mass is 16.1. The largest absolute Gasteiger partial charge is 0.294 e. The van der Waals surface area contributed by atoms with Gasteiger partial charge in [0.15, 0.2) is 5.78 Å². The molecule has 0 radical (unpaired) electrons. The topological polar surface area (TPSA) is 47.8 Å². The average Bonchev–Trinajstić information content (AvgIpc) is 3.07. The predicted molar refractivity (Wildman–Crippen MR) is 85.1 cm³/mol. The number of hydrogen-bond donors (Lipinski definition) is 0. The molecule has 0 saturated heterocycles. The second-order valence-electron chi connectivity index (χ2n) is 6.02. The summed E-state index contributed by atoms with van der Waals surface area (Å²) >= 11 is 0. The minimum atomic E-state index is 0.276. The Labute approximate surface area is 128 Å². The first kappa shape index (κ1) is 13.2. The van der Waals surface area contributed by atoms with Crippen LogP contribution in [0.5, 0.6) is 0 Å². The van der Waals surface area contributed by atoms with Crippen molar-refractivity contribution in [1.29, 1.82) is 0 Å². The molecule has 0 saturated carbocycles. The van der Waals surface area contributed by atoms with E-state index in [0.717, 1.165) is 35.0 Å². The summed E-state index contributed by atoms with van der Waals surface area (Å²) < 4.78 is 1.79. The van der Waals surface area contributed by atoms with Gasteiger partial charge in [0, 0.05) is 19.0 Å². The molecule has 0 fully saturated rings. The Balaban J connectivity index is 1.73. The van der Waals surface area contributed by atoms with Crippen LogP contribution in [0.25, 0.3) is 11.0 Å². The van der Waals surface area contributed by atoms with Crippen molar-refractivity contribution in [2.45, 2.75) is 26.2 Å². The van der Waals surface area contributed by atoms with Gasteiger partial charge in [0.1, 0.15) is 5.52 Å². The Hall–Kier alpha value is -2.49. The minimum Gasteiger partial charge on any atom is -0.294 e. The first-order valence-corrected chi connectivity index (χ1v) is 7.56. The number of fused-ring (bicyclic) bond motifs is 2. The van der Waals surface area contributed by atoms with Gasteiger partial charge < -0.3 is 0 Å². The highest BCUT2D eigenvalue weighted by Gasteiger charge is 2.19. The third-order valence-corrected chi connectivity index (χ3v) is 4.64. The van der Waals surface area contributed by atoms with E-state index in [2.05, 4.69) is 47.6 Å². The molecular weight excluding hydrogens is 274 g/mol. The van der Waals surface area contributed by atoms with Crippen molar-refractivity contribution in [1.82, 2.24) is 15.0 Å². The summed E-state index contributed by atoms with van der Waals surface area (Å²) in [6.07, 6.45) is 2.36. The molecule has 0 bridgehead atoms. The summed E-state index contributed by atoms with van der Waals surface area (Å²) in [6.45, 7) is 2.09. The lowest BCUT2D eigenvalue weighted by atomic mass is 9.97. The molecule has 0 unspecified atom stereocenters. The SMILES string of the molecule is Cc1c(Cc2ccc3c(c2)C(=O)CC3)ccc2c1nnn2C. The number of aryl methyl sites for hydroxylation is 3. The van der Waals surface area contributed by atoms with Gasteiger partial charge in [-0.3, -0.25) is 4.79 Å². The highest BCUT2D eigenvalue weighted by Crippen LogP contribution is 2.26. The molecule has 1 aromatic heterocycles. The van der Waals surface area contributed by atoms with Crippen LogP contribution in [0.15, 0.2) is 30.3 Å². The third kappa shape index (κ3) is 1.95. The maximum atomic E-state index is 11.9. The molecular formula is C18H17N3O. The van der Waals surface area contributed by atoms with Crippen LogP contribution in [0.1, 0.15) is 39.0 Å². The van der Waals surface area contributed by atoms with Gasteiger partial charge in [-0.1, -0.05) is 23.4 Å². The molecule has 4 heteroatoms. The van der Waals surface area contributed by atoms with E-state index in [0.29, 0.717) is 6.42 Å². The number of carbonyl (C=O) groups is 1. The number of Topliss-reactive ketones (excluding diaryl/α,β-unsaturated/α-hetero) is 1. The van der Waals surface area contributed by atoms with Gasteiger partial charge in [-0.25, -0.2) is 4.68 Å². The van der Waals surface area contributed by atoms with E-state index in [4.69, 9.17) is 0 Å². The summed E-state index contributed by atoms with van der Waals surface area (Å²) in [5.41, 5.74) is 7.68. The molecule has 4 nitrogen and oxygen atoms in total. The number of benzene rings is 2. The molecule has 1 aliphatic carbocycles. The van der Waals surface area contributed by atoms with Crippen molar-refractivity contribution in [2.24, 2.45) is 7.05 Å². The molecule has 110 valence electrons. The Kier molecular flexibility index (Phi) is 2.86. The first-order chi connectivity index (χ1) is 10.6. The van der Waals surface area contributed by atoms with Crippen LogP contribution in [-0.4, -0.2) is 20.8 Å². The smallest absolute Gasteiger partial charge is 0.163 e. The number of hydrogen-bond acceptors (Lipinski definition) is 3. The van der Waals surface area contributed by atoms with E-state index in [1.54, 1.807) is 4.68 Å². The highest BCUT2D eigenvalue weighted by molar-refractivity contribution is 6.00. The van der Waals surface area contributed by atoms with Crippen molar-refractivity contribution < 1.29 is 4.79 Å². The summed E-state index contributed by atoms with van der Waals surface area (Å²) in [4.78, 5) is 11.9. The first-order valence-electron chi connectivity index (χ1n) is 7.56. The van der Waals surface area contributed by atoms with Gasteiger partial charge in [-0.15, -0.1) is 5.10 Å². The lowest BCUT2D eigenvalue weighted by molar-refractivity contribution is 0.0994. The van der Waals surface area contributed by atoms with Gasteiger partial charge in [0.2, 0.25) is 0 Å². The van der Waals surface area contributed by atoms with Crippen LogP contribution in [0.3, 0.4) is 0 Å². The molecule has 3 aromatic rings. The van der Waals surface area contributed by atoms with Gasteiger partial charge in [0.05, 0.1) is 5.52 Å². The fourth-order valence-electron chi connectivity index (χ4n) is 3.28. The summed E-state index contributed by atoms with van der Waals surface area (Å²) in [5.74, 6) is 0.276. The summed E-state index contributed by atoms with van der Waals surface area (Å²) in [6, 6.07) is 10.5. The maximum absolute atomic E-state index is 11.9. The van der Waals surface area contributed by atoms with Crippen molar-refractivity contribution in [3.8, 4) is 0 Å². The van der Waals surface area contributed by atoms with E-state index in [1.807, 2.05) is 7.05 Å². The molecule has 0 aliphatic heterocycles. The fraction of sp³-hybridized carbons (Fsp3) is 0.278. The Morgan fingerprint density at radius 3 is 2.91 bits per heavy atom. The number of carbonyl (C=O) groups excluding carboxylic acids is 1. The summed E-state index contributed by atoms with van der Waals surface area (Å²) in [7, 11) is 1.90. The van der Waals surface area contributed by atoms with Crippen molar-refractivity contribution in [2.75, 3.05) is 0 Å². The lowest BCUT2D eigenvalue weighted by Gasteiger charge is -2.08. The number of rotatable bonds is 2. The molecule has 4 rings (SSSR count). The number of nitrogens with zero attached hydrogens (tertiary/aromatic N) is 3. The van der Waals surface area contributed by atoms with Gasteiger partial charge in [-0.2, -0.15) is 0 Å². The van der Waals surface area contributed by atoms with Crippen LogP contribution < -0.4 is 0 Å². The lowest BCUT2D eigenvalue weighted by Crippen LogP contribution is -1.97. The zero-order valence-electron chi connectivity index (χ0n) is 12.8. The van der Waals surface area contributed by atoms with Crippen LogP contribution in [-0.2, 0) is 19.9 Å². The monoisotopic (exact) mass is 291 g/mol. The van der Waals surface area contributed by atoms with Crippen LogP contribution in [0.4, 0.5) is 0 Å². The zero-order valence-corrected chi connectivity index (χ0v) is 12.8. The van der Waals surface area contributed by atoms with Gasteiger partial charge in [0.25, 0.3) is 0 Å². The second kappa shape index (κ2) is 4.77. The van der Waals surface area contributed by atoms with E-state index in [1.165, 1.54) is 16.7 Å². The Morgan fingerprint density at radius 1 is 1.18 bits per heavy atom. The molecule has 1 aliphatic rings. The van der Waals surface area contributed by atoms with Crippen molar-refractivity contribution in [3.05, 3.63) is 58.1 Å². The van der Waals surface area contributed by atoms with E-state index in [9.17, 15) is 4.79 Å². The number of aromatic nitrogens is 3. The quantitative estimate of drug-likeness (QED) is 0.729. The van der Waals surface area contributed by atoms with E-state index >= 15 is 0 Å². The summed E-state index contributed by atoms with van der Waals surface area (Å²) in [5, 5.41) is 8.33. The molecule has 0 atom stereocenters. The average molecular weight is 291 g/mol. The normalized spacial score (nSPS) is 13.8. The van der Waals surface area contributed by atoms with Crippen LogP contribution >= 0.6 is 0 Å². The standard InChI is InChI=1S/C18H17N3O/c1-11-14(5-7-16-18(11)19-20-21(16)2)9-12-3-4-13-6-8-17(22)15(13)10-12/h3-5,7,10H,6,8-9H2,1-2H3. The minimum absolute atomic E-state index is 0.276. The zero-order chi connectivity index (χ0) is 15.3. The molecule has 0 N–H and O–H groups in total. The van der Waals surface area contributed by atoms with Gasteiger partial charge >= 0.3 is 0 Å². The van der Waals surface area contributed by atoms with Crippen molar-refractivity contribution in [3.63, 3.8) is 0 Å². The molecule has 1 heterocycles. The van der Waals surface area contributed by atoms with Crippen LogP contribution in [0, 0.1) is 6.92 Å². The molecule has 22 heavy (non-hydrogen) atoms. The fourth-order valence-corrected chi connectivity index (χ4v) is 3.28. The van der Waals surface area contributed by atoms with E-state index < -0.39 is 0 Å². The predicted octanol–water partition coefficient (Wildman–Crippen LogP) is 3.00. The molecule has 0 spiro atoms.